The third kappa shape index (κ3) is 4.50. The number of non-ortho nitro benzene ring substituents is 1. The molecule has 0 radical (unpaired) electrons. The van der Waals surface area contributed by atoms with Crippen LogP contribution in [0.15, 0.2) is 36.4 Å². The Balaban J connectivity index is 2.03. The van der Waals surface area contributed by atoms with E-state index in [0.29, 0.717) is 0 Å². The normalized spacial score (nSPS) is 10.2. The summed E-state index contributed by atoms with van der Waals surface area (Å²) in [7, 11) is 0. The highest BCUT2D eigenvalue weighted by molar-refractivity contribution is 5.64. The van der Waals surface area contributed by atoms with Crippen LogP contribution in [0, 0.1) is 34.1 Å². The molecule has 2 aromatic carbocycles. The molecule has 0 heterocycles. The number of ether oxygens (including phenoxy) is 2. The molecule has 0 aliphatic heterocycles. The highest BCUT2D eigenvalue weighted by Crippen LogP contribution is 2.24. The molecule has 9 heteroatoms. The summed E-state index contributed by atoms with van der Waals surface area (Å²) in [6.45, 7) is 3.21. The summed E-state index contributed by atoms with van der Waals surface area (Å²) in [4.78, 5) is 32.2. The number of nitrogens with zero attached hydrogens (tertiary/aromatic N) is 2. The SMILES string of the molecule is Cc1cc(COC(=O)Oc2ccc([N+](=O)[O-])cc2)c([N+](=O)[O-])cc1C. The zero-order valence-electron chi connectivity index (χ0n) is 13.4. The van der Waals surface area contributed by atoms with E-state index in [2.05, 4.69) is 0 Å². The molecule has 0 saturated carbocycles. The van der Waals surface area contributed by atoms with Crippen LogP contribution < -0.4 is 4.74 Å². The summed E-state index contributed by atoms with van der Waals surface area (Å²) >= 11 is 0. The number of carbonyl (C=O) groups excluding carboxylic acids is 1. The van der Waals surface area contributed by atoms with Gasteiger partial charge in [-0.15, -0.1) is 0 Å². The Labute approximate surface area is 142 Å². The van der Waals surface area contributed by atoms with Crippen LogP contribution in [0.1, 0.15) is 16.7 Å². The number of hydrogen-bond acceptors (Lipinski definition) is 7. The van der Waals surface area contributed by atoms with Crippen LogP contribution >= 0.6 is 0 Å². The minimum atomic E-state index is -1.07. The highest BCUT2D eigenvalue weighted by Gasteiger charge is 2.18. The third-order valence-corrected chi connectivity index (χ3v) is 3.49. The molecule has 0 fully saturated rings. The van der Waals surface area contributed by atoms with Crippen LogP contribution in [0.5, 0.6) is 5.75 Å². The maximum atomic E-state index is 11.7. The molecule has 9 nitrogen and oxygen atoms in total. The summed E-state index contributed by atoms with van der Waals surface area (Å²) in [6.07, 6.45) is -1.07. The number of hydrogen-bond donors (Lipinski definition) is 0. The molecule has 0 bridgehead atoms. The Morgan fingerprint density at radius 1 is 1.00 bits per heavy atom. The fraction of sp³-hybridized carbons (Fsp3) is 0.188. The van der Waals surface area contributed by atoms with E-state index in [1.54, 1.807) is 19.9 Å². The fourth-order valence-corrected chi connectivity index (χ4v) is 2.04. The Kier molecular flexibility index (Phi) is 5.28. The summed E-state index contributed by atoms with van der Waals surface area (Å²) in [5, 5.41) is 21.6. The van der Waals surface area contributed by atoms with Gasteiger partial charge in [0.1, 0.15) is 12.4 Å². The summed E-state index contributed by atoms with van der Waals surface area (Å²) in [6, 6.07) is 7.84. The first-order valence-electron chi connectivity index (χ1n) is 7.11. The molecule has 0 atom stereocenters. The molecule has 0 amide bonds. The maximum Gasteiger partial charge on any atom is 0.514 e. The predicted molar refractivity (Wildman–Crippen MR) is 86.5 cm³/mol. The number of rotatable bonds is 5. The van der Waals surface area contributed by atoms with Crippen molar-refractivity contribution in [3.63, 3.8) is 0 Å². The second-order valence-electron chi connectivity index (χ2n) is 5.21. The van der Waals surface area contributed by atoms with Gasteiger partial charge in [0.15, 0.2) is 0 Å². The van der Waals surface area contributed by atoms with Gasteiger partial charge in [-0.1, -0.05) is 0 Å². The van der Waals surface area contributed by atoms with Gasteiger partial charge >= 0.3 is 6.16 Å². The van der Waals surface area contributed by atoms with E-state index in [-0.39, 0.29) is 29.3 Å². The van der Waals surface area contributed by atoms with Crippen molar-refractivity contribution >= 4 is 17.5 Å². The Bertz CT molecular complexity index is 831. The molecule has 2 aromatic rings. The number of carbonyl (C=O) groups is 1. The highest BCUT2D eigenvalue weighted by atomic mass is 16.7. The molecule has 0 unspecified atom stereocenters. The van der Waals surface area contributed by atoms with E-state index in [9.17, 15) is 25.0 Å². The van der Waals surface area contributed by atoms with Crippen molar-refractivity contribution in [3.8, 4) is 5.75 Å². The van der Waals surface area contributed by atoms with E-state index in [1.807, 2.05) is 0 Å². The first kappa shape index (κ1) is 17.9. The Morgan fingerprint density at radius 3 is 2.16 bits per heavy atom. The minimum Gasteiger partial charge on any atom is -0.429 e. The van der Waals surface area contributed by atoms with Crippen LogP contribution in [-0.2, 0) is 11.3 Å². The van der Waals surface area contributed by atoms with Crippen LogP contribution in [-0.4, -0.2) is 16.0 Å². The van der Waals surface area contributed by atoms with E-state index in [4.69, 9.17) is 9.47 Å². The molecule has 0 N–H and O–H groups in total. The van der Waals surface area contributed by atoms with Gasteiger partial charge in [-0.25, -0.2) is 4.79 Å². The van der Waals surface area contributed by atoms with Crippen LogP contribution in [0.2, 0.25) is 0 Å². The lowest BCUT2D eigenvalue weighted by Crippen LogP contribution is -2.11. The first-order valence-corrected chi connectivity index (χ1v) is 7.11. The summed E-state index contributed by atoms with van der Waals surface area (Å²) in [5.41, 5.74) is 1.53. The van der Waals surface area contributed by atoms with Crippen LogP contribution in [0.25, 0.3) is 0 Å². The number of nitro groups is 2. The van der Waals surface area contributed by atoms with Crippen molar-refractivity contribution in [1.29, 1.82) is 0 Å². The van der Waals surface area contributed by atoms with Crippen molar-refractivity contribution < 1.29 is 24.1 Å². The zero-order valence-corrected chi connectivity index (χ0v) is 13.4. The van der Waals surface area contributed by atoms with Gasteiger partial charge in [0.2, 0.25) is 0 Å². The Morgan fingerprint density at radius 2 is 1.60 bits per heavy atom. The van der Waals surface area contributed by atoms with Crippen molar-refractivity contribution in [3.05, 3.63) is 73.3 Å². The smallest absolute Gasteiger partial charge is 0.429 e. The van der Waals surface area contributed by atoms with E-state index in [1.165, 1.54) is 30.3 Å². The number of nitro benzene ring substituents is 2. The van der Waals surface area contributed by atoms with Crippen LogP contribution in [0.4, 0.5) is 16.2 Å². The first-order chi connectivity index (χ1) is 11.8. The Hall–Kier alpha value is -3.49. The standard InChI is InChI=1S/C16H14N2O7/c1-10-7-12(15(18(22)23)8-11(10)2)9-24-16(19)25-14-5-3-13(4-6-14)17(20)21/h3-8H,9H2,1-2H3. The lowest BCUT2D eigenvalue weighted by molar-refractivity contribution is -0.385. The zero-order chi connectivity index (χ0) is 18.6. The fourth-order valence-electron chi connectivity index (χ4n) is 2.04. The van der Waals surface area contributed by atoms with Gasteiger partial charge in [0, 0.05) is 18.2 Å². The van der Waals surface area contributed by atoms with E-state index < -0.39 is 16.0 Å². The summed E-state index contributed by atoms with van der Waals surface area (Å²) in [5.74, 6) is 0.0604. The quantitative estimate of drug-likeness (QED) is 0.349. The molecule has 130 valence electrons. The van der Waals surface area contributed by atoms with Crippen LogP contribution in [0.3, 0.4) is 0 Å². The molecule has 2 rings (SSSR count). The average Bonchev–Trinajstić information content (AvgIpc) is 2.55. The van der Waals surface area contributed by atoms with E-state index in [0.717, 1.165) is 11.1 Å². The van der Waals surface area contributed by atoms with Gasteiger partial charge in [-0.2, -0.15) is 0 Å². The lowest BCUT2D eigenvalue weighted by Gasteiger charge is -2.08. The van der Waals surface area contributed by atoms with Crippen molar-refractivity contribution in [2.75, 3.05) is 0 Å². The lowest BCUT2D eigenvalue weighted by atomic mass is 10.0. The van der Waals surface area contributed by atoms with Crippen molar-refractivity contribution in [2.45, 2.75) is 20.5 Å². The molecule has 0 aromatic heterocycles. The van der Waals surface area contributed by atoms with Gasteiger partial charge in [0.05, 0.1) is 15.4 Å². The molecule has 0 aliphatic carbocycles. The largest absolute Gasteiger partial charge is 0.514 e. The molecular formula is C16H14N2O7. The van der Waals surface area contributed by atoms with Crippen molar-refractivity contribution in [1.82, 2.24) is 0 Å². The second kappa shape index (κ2) is 7.39. The molecular weight excluding hydrogens is 332 g/mol. The van der Waals surface area contributed by atoms with Gasteiger partial charge in [0.25, 0.3) is 11.4 Å². The van der Waals surface area contributed by atoms with Crippen molar-refractivity contribution in [2.24, 2.45) is 0 Å². The maximum absolute atomic E-state index is 11.7. The third-order valence-electron chi connectivity index (χ3n) is 3.49. The summed E-state index contributed by atoms with van der Waals surface area (Å²) < 4.78 is 9.77. The molecule has 0 spiro atoms. The second-order valence-corrected chi connectivity index (χ2v) is 5.21. The number of benzene rings is 2. The average molecular weight is 346 g/mol. The monoisotopic (exact) mass is 346 g/mol. The molecule has 0 aliphatic rings. The predicted octanol–water partition coefficient (Wildman–Crippen LogP) is 3.84. The van der Waals surface area contributed by atoms with Gasteiger partial charge in [-0.05, 0) is 43.2 Å². The minimum absolute atomic E-state index is 0.0604. The van der Waals surface area contributed by atoms with E-state index >= 15 is 0 Å². The molecule has 0 saturated heterocycles. The van der Waals surface area contributed by atoms with Gasteiger partial charge in [-0.3, -0.25) is 20.2 Å². The molecule has 25 heavy (non-hydrogen) atoms. The topological polar surface area (TPSA) is 122 Å². The number of aryl methyl sites for hydroxylation is 2. The van der Waals surface area contributed by atoms with Gasteiger partial charge < -0.3 is 9.47 Å².